The highest BCUT2D eigenvalue weighted by atomic mass is 35.5. The fourth-order valence-electron chi connectivity index (χ4n) is 2.01. The van der Waals surface area contributed by atoms with Gasteiger partial charge < -0.3 is 9.72 Å². The maximum atomic E-state index is 6.12. The van der Waals surface area contributed by atoms with Gasteiger partial charge in [0.15, 0.2) is 0 Å². The van der Waals surface area contributed by atoms with Crippen molar-refractivity contribution in [3.05, 3.63) is 47.5 Å². The van der Waals surface area contributed by atoms with Crippen LogP contribution in [-0.2, 0) is 0 Å². The summed E-state index contributed by atoms with van der Waals surface area (Å²) in [7, 11) is 0. The van der Waals surface area contributed by atoms with E-state index in [4.69, 9.17) is 16.3 Å². The van der Waals surface area contributed by atoms with Gasteiger partial charge in [-0.25, -0.2) is 4.98 Å². The van der Waals surface area contributed by atoms with Crippen LogP contribution in [0, 0.1) is 0 Å². The average Bonchev–Trinajstić information content (AvgIpc) is 2.85. The van der Waals surface area contributed by atoms with Crippen molar-refractivity contribution in [2.75, 3.05) is 6.61 Å². The Morgan fingerprint density at radius 3 is 2.63 bits per heavy atom. The van der Waals surface area contributed by atoms with Crippen molar-refractivity contribution in [3.8, 4) is 17.1 Å². The molecule has 4 heteroatoms. The zero-order valence-electron chi connectivity index (χ0n) is 10.5. The number of nitrogens with one attached hydrogen (secondary N) is 1. The standard InChI is InChI=1S/C15H13ClN2O/c1-2-19-11-8-6-10(7-9-11)15-17-13-5-3-4-12(16)14(13)18-15/h3-9H,2H2,1H3,(H,17,18). The third-order valence-electron chi connectivity index (χ3n) is 2.90. The summed E-state index contributed by atoms with van der Waals surface area (Å²) in [5.74, 6) is 1.67. The Morgan fingerprint density at radius 1 is 1.16 bits per heavy atom. The number of benzene rings is 2. The molecule has 3 rings (SSSR count). The van der Waals surface area contributed by atoms with Crippen molar-refractivity contribution >= 4 is 22.6 Å². The first-order valence-corrected chi connectivity index (χ1v) is 6.53. The minimum Gasteiger partial charge on any atom is -0.494 e. The van der Waals surface area contributed by atoms with Crippen LogP contribution in [0.3, 0.4) is 0 Å². The van der Waals surface area contributed by atoms with E-state index in [9.17, 15) is 0 Å². The molecular weight excluding hydrogens is 260 g/mol. The van der Waals surface area contributed by atoms with Crippen molar-refractivity contribution < 1.29 is 4.74 Å². The molecule has 0 aliphatic carbocycles. The molecule has 1 heterocycles. The lowest BCUT2D eigenvalue weighted by Crippen LogP contribution is -1.90. The van der Waals surface area contributed by atoms with Crippen molar-refractivity contribution in [1.29, 1.82) is 0 Å². The van der Waals surface area contributed by atoms with Crippen LogP contribution in [0.2, 0.25) is 5.02 Å². The van der Waals surface area contributed by atoms with Crippen molar-refractivity contribution in [3.63, 3.8) is 0 Å². The minimum absolute atomic E-state index is 0.658. The lowest BCUT2D eigenvalue weighted by atomic mass is 10.2. The Labute approximate surface area is 116 Å². The molecule has 3 nitrogen and oxygen atoms in total. The molecule has 0 bridgehead atoms. The number of halogens is 1. The Morgan fingerprint density at radius 2 is 1.95 bits per heavy atom. The topological polar surface area (TPSA) is 37.9 Å². The molecule has 3 aromatic rings. The Bertz CT molecular complexity index is 704. The van der Waals surface area contributed by atoms with Gasteiger partial charge in [0.2, 0.25) is 0 Å². The lowest BCUT2D eigenvalue weighted by Gasteiger charge is -2.02. The Kier molecular flexibility index (Phi) is 3.13. The number of H-pyrrole nitrogens is 1. The molecule has 0 saturated carbocycles. The number of hydrogen-bond acceptors (Lipinski definition) is 2. The Balaban J connectivity index is 2.01. The molecule has 0 radical (unpaired) electrons. The fourth-order valence-corrected chi connectivity index (χ4v) is 2.23. The zero-order chi connectivity index (χ0) is 13.2. The van der Waals surface area contributed by atoms with E-state index in [0.29, 0.717) is 11.6 Å². The number of rotatable bonds is 3. The second-order valence-corrected chi connectivity index (χ2v) is 4.59. The van der Waals surface area contributed by atoms with Crippen LogP contribution in [0.25, 0.3) is 22.4 Å². The Hall–Kier alpha value is -2.00. The van der Waals surface area contributed by atoms with Crippen LogP contribution in [-0.4, -0.2) is 16.6 Å². The highest BCUT2D eigenvalue weighted by Crippen LogP contribution is 2.26. The summed E-state index contributed by atoms with van der Waals surface area (Å²) in [6.45, 7) is 2.63. The van der Waals surface area contributed by atoms with E-state index < -0.39 is 0 Å². The van der Waals surface area contributed by atoms with Crippen LogP contribution in [0.4, 0.5) is 0 Å². The van der Waals surface area contributed by atoms with Crippen molar-refractivity contribution in [1.82, 2.24) is 9.97 Å². The predicted molar refractivity (Wildman–Crippen MR) is 77.7 cm³/mol. The monoisotopic (exact) mass is 272 g/mol. The summed E-state index contributed by atoms with van der Waals surface area (Å²) in [5.41, 5.74) is 2.75. The molecule has 0 saturated heterocycles. The number of imidazole rings is 1. The second-order valence-electron chi connectivity index (χ2n) is 4.18. The van der Waals surface area contributed by atoms with Crippen LogP contribution in [0.15, 0.2) is 42.5 Å². The third kappa shape index (κ3) is 2.29. The van der Waals surface area contributed by atoms with E-state index in [1.807, 2.05) is 49.4 Å². The highest BCUT2D eigenvalue weighted by Gasteiger charge is 2.07. The molecule has 1 N–H and O–H groups in total. The quantitative estimate of drug-likeness (QED) is 0.773. The third-order valence-corrected chi connectivity index (χ3v) is 3.21. The van der Waals surface area contributed by atoms with Gasteiger partial charge in [0.05, 0.1) is 17.1 Å². The molecule has 2 aromatic carbocycles. The molecule has 0 unspecified atom stereocenters. The van der Waals surface area contributed by atoms with Gasteiger partial charge in [0, 0.05) is 5.56 Å². The smallest absolute Gasteiger partial charge is 0.138 e. The normalized spacial score (nSPS) is 10.8. The van der Waals surface area contributed by atoms with E-state index in [2.05, 4.69) is 9.97 Å². The molecule has 0 spiro atoms. The van der Waals surface area contributed by atoms with Gasteiger partial charge in [-0.15, -0.1) is 0 Å². The van der Waals surface area contributed by atoms with E-state index in [0.717, 1.165) is 28.2 Å². The van der Waals surface area contributed by atoms with E-state index in [1.165, 1.54) is 0 Å². The summed E-state index contributed by atoms with van der Waals surface area (Å²) >= 11 is 6.12. The molecule has 0 aliphatic rings. The van der Waals surface area contributed by atoms with Gasteiger partial charge in [-0.2, -0.15) is 0 Å². The molecule has 1 aromatic heterocycles. The van der Waals surface area contributed by atoms with Gasteiger partial charge in [0.1, 0.15) is 17.1 Å². The van der Waals surface area contributed by atoms with Crippen molar-refractivity contribution in [2.45, 2.75) is 6.92 Å². The van der Waals surface area contributed by atoms with Crippen LogP contribution < -0.4 is 4.74 Å². The summed E-state index contributed by atoms with van der Waals surface area (Å²) < 4.78 is 5.42. The molecule has 0 fully saturated rings. The van der Waals surface area contributed by atoms with Gasteiger partial charge >= 0.3 is 0 Å². The first-order chi connectivity index (χ1) is 9.28. The van der Waals surface area contributed by atoms with E-state index >= 15 is 0 Å². The zero-order valence-corrected chi connectivity index (χ0v) is 11.2. The molecule has 0 atom stereocenters. The summed E-state index contributed by atoms with van der Waals surface area (Å²) in [6, 6.07) is 13.6. The minimum atomic E-state index is 0.658. The molecule has 96 valence electrons. The van der Waals surface area contributed by atoms with Gasteiger partial charge in [-0.3, -0.25) is 0 Å². The predicted octanol–water partition coefficient (Wildman–Crippen LogP) is 4.28. The first-order valence-electron chi connectivity index (χ1n) is 6.15. The molecular formula is C15H13ClN2O. The van der Waals surface area contributed by atoms with Gasteiger partial charge in [-0.05, 0) is 43.3 Å². The molecule has 19 heavy (non-hydrogen) atoms. The maximum absolute atomic E-state index is 6.12. The second kappa shape index (κ2) is 4.94. The number of nitrogens with zero attached hydrogens (tertiary/aromatic N) is 1. The summed E-state index contributed by atoms with van der Waals surface area (Å²) in [5, 5.41) is 0.658. The fraction of sp³-hybridized carbons (Fsp3) is 0.133. The first kappa shape index (κ1) is 12.1. The maximum Gasteiger partial charge on any atom is 0.138 e. The number of aromatic nitrogens is 2. The molecule has 0 amide bonds. The van der Waals surface area contributed by atoms with Gasteiger partial charge in [0.25, 0.3) is 0 Å². The number of hydrogen-bond donors (Lipinski definition) is 1. The number of ether oxygens (including phenoxy) is 1. The largest absolute Gasteiger partial charge is 0.494 e. The van der Waals surface area contributed by atoms with Crippen LogP contribution in [0.1, 0.15) is 6.92 Å². The lowest BCUT2D eigenvalue weighted by molar-refractivity contribution is 0.340. The molecule has 0 aliphatic heterocycles. The van der Waals surface area contributed by atoms with E-state index in [1.54, 1.807) is 0 Å². The van der Waals surface area contributed by atoms with Crippen LogP contribution in [0.5, 0.6) is 5.75 Å². The van der Waals surface area contributed by atoms with E-state index in [-0.39, 0.29) is 0 Å². The summed E-state index contributed by atoms with van der Waals surface area (Å²) in [6.07, 6.45) is 0. The number of aromatic amines is 1. The average molecular weight is 273 g/mol. The SMILES string of the molecule is CCOc1ccc(-c2nc3c(Cl)cccc3[nH]2)cc1. The number of fused-ring (bicyclic) bond motifs is 1. The van der Waals surface area contributed by atoms with Crippen LogP contribution >= 0.6 is 11.6 Å². The number of para-hydroxylation sites is 1. The highest BCUT2D eigenvalue weighted by molar-refractivity contribution is 6.34. The van der Waals surface area contributed by atoms with Gasteiger partial charge in [-0.1, -0.05) is 17.7 Å². The summed E-state index contributed by atoms with van der Waals surface area (Å²) in [4.78, 5) is 7.80. The van der Waals surface area contributed by atoms with Crippen molar-refractivity contribution in [2.24, 2.45) is 0 Å².